The molecule has 0 saturated carbocycles. The normalized spacial score (nSPS) is 28.3. The van der Waals surface area contributed by atoms with Crippen LogP contribution in [0.5, 0.6) is 17.2 Å². The number of aliphatic hydroxyl groups excluding tert-OH is 10. The van der Waals surface area contributed by atoms with Crippen molar-refractivity contribution < 1.29 is 97.9 Å². The van der Waals surface area contributed by atoms with Gasteiger partial charge in [0.2, 0.25) is 41.3 Å². The second kappa shape index (κ2) is 35.9. The van der Waals surface area contributed by atoms with Crippen LogP contribution in [0.2, 0.25) is 0 Å². The lowest BCUT2D eigenvalue weighted by Crippen LogP contribution is -2.66. The maximum atomic E-state index is 12.6. The molecule has 474 valence electrons. The van der Waals surface area contributed by atoms with E-state index >= 15 is 0 Å². The van der Waals surface area contributed by atoms with Crippen LogP contribution in [0.1, 0.15) is 68.6 Å². The summed E-state index contributed by atoms with van der Waals surface area (Å²) in [7, 11) is 0.918. The molecule has 1 amide bonds. The Bertz CT molecular complexity index is 2710. The summed E-state index contributed by atoms with van der Waals surface area (Å²) < 4.78 is 56.5. The number of hydrogen-bond acceptors (Lipinski definition) is 26. The van der Waals surface area contributed by atoms with Crippen LogP contribution in [0.15, 0.2) is 88.1 Å². The van der Waals surface area contributed by atoms with Crippen molar-refractivity contribution in [2.45, 2.75) is 151 Å². The molecule has 3 fully saturated rings. The number of hydrogen-bond donors (Lipinski definition) is 11. The first-order valence-electron chi connectivity index (χ1n) is 27.6. The van der Waals surface area contributed by atoms with E-state index in [1.54, 1.807) is 66.3 Å². The summed E-state index contributed by atoms with van der Waals surface area (Å²) in [5.41, 5.74) is 2.67. The van der Waals surface area contributed by atoms with E-state index in [0.29, 0.717) is 55.9 Å². The topological polar surface area (TPSA) is 361 Å². The molecule has 3 aromatic carbocycles. The third kappa shape index (κ3) is 21.3. The fraction of sp³-hybridized carbons (Fsp3) is 0.585. The van der Waals surface area contributed by atoms with Gasteiger partial charge in [-0.2, -0.15) is 0 Å². The number of unbranched alkanes of at least 4 members (excludes halogenated alkanes) is 5. The number of hydrazone groups is 3. The highest BCUT2D eigenvalue weighted by Crippen LogP contribution is 2.36. The summed E-state index contributed by atoms with van der Waals surface area (Å²) in [6.45, 7) is 0.830. The second-order valence-electron chi connectivity index (χ2n) is 19.9. The molecule has 0 radical (unpaired) electrons. The molecule has 86 heavy (non-hydrogen) atoms. The average Bonchev–Trinajstić information content (AvgIpc) is 1.55. The maximum Gasteiger partial charge on any atom is 0.540 e. The Labute approximate surface area is 516 Å². The second-order valence-corrected chi connectivity index (χ2v) is 26.4. The van der Waals surface area contributed by atoms with Gasteiger partial charge in [0, 0.05) is 25.8 Å². The summed E-state index contributed by atoms with van der Waals surface area (Å²) >= 11 is 16.6. The minimum Gasteiger partial charge on any atom is -0.394 e. The predicted octanol–water partition coefficient (Wildman–Crippen LogP) is 1.83. The Morgan fingerprint density at radius 2 is 1.00 bits per heavy atom. The third-order valence-corrected chi connectivity index (χ3v) is 19.2. The first-order chi connectivity index (χ1) is 41.2. The number of nitrogens with zero attached hydrogens (tertiary/aromatic N) is 6. The number of amides is 1. The van der Waals surface area contributed by atoms with E-state index in [-0.39, 0.29) is 12.5 Å². The first-order valence-corrected chi connectivity index (χ1v) is 34.2. The van der Waals surface area contributed by atoms with E-state index in [1.807, 2.05) is 67.6 Å². The number of aliphatic hydroxyl groups is 10. The van der Waals surface area contributed by atoms with Crippen LogP contribution in [0.25, 0.3) is 0 Å². The average molecular weight is 1320 g/mol. The molecule has 3 saturated heterocycles. The van der Waals surface area contributed by atoms with Gasteiger partial charge in [-0.3, -0.25) is 18.4 Å². The van der Waals surface area contributed by atoms with Gasteiger partial charge in [-0.05, 0) is 104 Å². The molecule has 0 aromatic heterocycles. The zero-order valence-electron chi connectivity index (χ0n) is 47.6. The maximum absolute atomic E-state index is 12.6. The number of benzene rings is 3. The Hall–Kier alpha value is -4.14. The SMILES string of the molecule is C/C=N/N(C)[P+](=S)Oc1ccc(/C=N/N(C)[P+](=S)Oc2ccc(/C=N/N(C)[P+](=S)Oc3ccc(CCNC(=O)CCCCCCCCOC4OC(CO)C(O)C(O)C4OC4OC(CO)C(O)C(O)C4OC4OC(O)C(O)C(O)C4O)cc3)cc2)cc1. The number of ether oxygens (including phenoxy) is 6. The molecule has 18 unspecified atom stereocenters. The van der Waals surface area contributed by atoms with Gasteiger partial charge in [-0.15, -0.1) is 15.3 Å². The number of carbonyl (C=O) groups excluding carboxylic acids is 1. The lowest BCUT2D eigenvalue weighted by atomic mass is 9.97. The Morgan fingerprint density at radius 1 is 0.558 bits per heavy atom. The van der Waals surface area contributed by atoms with E-state index < -0.39 is 127 Å². The van der Waals surface area contributed by atoms with Gasteiger partial charge in [-0.1, -0.05) is 52.2 Å². The Kier molecular flexibility index (Phi) is 29.6. The number of carbonyl (C=O) groups is 1. The monoisotopic (exact) mass is 1320 g/mol. The largest absolute Gasteiger partial charge is 0.540 e. The molecule has 0 spiro atoms. The summed E-state index contributed by atoms with van der Waals surface area (Å²) in [6.07, 6.45) is -15.9. The molecule has 0 bridgehead atoms. The van der Waals surface area contributed by atoms with Crippen molar-refractivity contribution in [3.8, 4) is 17.2 Å². The van der Waals surface area contributed by atoms with Gasteiger partial charge in [0.25, 0.3) is 0 Å². The zero-order chi connectivity index (χ0) is 62.5. The highest BCUT2D eigenvalue weighted by Gasteiger charge is 2.54. The number of nitrogens with one attached hydrogen (secondary N) is 1. The molecule has 18 atom stereocenters. The molecule has 3 heterocycles. The van der Waals surface area contributed by atoms with Crippen LogP contribution in [0, 0.1) is 0 Å². The quantitative estimate of drug-likeness (QED) is 0.0179. The van der Waals surface area contributed by atoms with Gasteiger partial charge in [0.05, 0.1) is 46.8 Å². The van der Waals surface area contributed by atoms with Crippen molar-refractivity contribution in [1.29, 1.82) is 0 Å². The van der Waals surface area contributed by atoms with Crippen molar-refractivity contribution in [1.82, 2.24) is 19.7 Å². The summed E-state index contributed by atoms with van der Waals surface area (Å²) in [5, 5.41) is 120. The summed E-state index contributed by atoms with van der Waals surface area (Å²) in [4.78, 5) is 12.6. The first kappa shape index (κ1) is 70.9. The van der Waals surface area contributed by atoms with E-state index in [2.05, 4.69) is 20.6 Å². The minimum atomic E-state index is -2.02. The van der Waals surface area contributed by atoms with Crippen molar-refractivity contribution in [2.24, 2.45) is 15.3 Å². The van der Waals surface area contributed by atoms with Crippen LogP contribution in [0.4, 0.5) is 0 Å². The van der Waals surface area contributed by atoms with Crippen molar-refractivity contribution in [3.05, 3.63) is 89.5 Å². The third-order valence-electron chi connectivity index (χ3n) is 13.6. The smallest absolute Gasteiger partial charge is 0.394 e. The summed E-state index contributed by atoms with van der Waals surface area (Å²) in [5.74, 6) is 1.76. The van der Waals surface area contributed by atoms with Gasteiger partial charge >= 0.3 is 21.2 Å². The molecule has 3 aromatic rings. The summed E-state index contributed by atoms with van der Waals surface area (Å²) in [6, 6.07) is 22.2. The van der Waals surface area contributed by atoms with Gasteiger partial charge < -0.3 is 84.8 Å². The Balaban J connectivity index is 0.834. The van der Waals surface area contributed by atoms with Gasteiger partial charge in [0.15, 0.2) is 42.4 Å². The standard InChI is InChI=1S/C53H76N7O20P3S3/c1-5-55-58(2)81(84)78-36-21-15-33(16-22-36)28-57-60(4)83(86)80-37-23-17-34(18-24-37)29-56-59(3)82(85)79-35-19-13-32(14-20-35)25-26-54-40(63)12-10-8-6-7-9-11-27-72-52-48(44(67)41(64)38(30-61)73-52)76-53-49(45(68)42(65)39(31-62)74-53)75-51-47(70)43(66)46(69)50(71)77-51/h5,13-24,28-29,38-39,41-53,61-62,64-71H,6-12,25-27,30-31H2,1-4H3/q+2/p+1/b55-5+,56-29+,57-28+. The van der Waals surface area contributed by atoms with E-state index in [9.17, 15) is 55.9 Å². The van der Waals surface area contributed by atoms with Crippen LogP contribution in [-0.4, -0.2) is 230 Å². The molecular weight excluding hydrogens is 1240 g/mol. The molecule has 6 rings (SSSR count). The van der Waals surface area contributed by atoms with Crippen LogP contribution < -0.4 is 18.9 Å². The molecule has 27 nitrogen and oxygen atoms in total. The van der Waals surface area contributed by atoms with Crippen LogP contribution >= 0.6 is 21.2 Å². The lowest BCUT2D eigenvalue weighted by Gasteiger charge is -2.48. The van der Waals surface area contributed by atoms with E-state index in [0.717, 1.165) is 36.0 Å². The number of rotatable bonds is 33. The molecule has 3 aliphatic heterocycles. The molecule has 3 aliphatic rings. The zero-order valence-corrected chi connectivity index (χ0v) is 52.7. The predicted molar refractivity (Wildman–Crippen MR) is 326 cm³/mol. The van der Waals surface area contributed by atoms with Crippen molar-refractivity contribution in [3.63, 3.8) is 0 Å². The molecule has 11 N–H and O–H groups in total. The fourth-order valence-corrected chi connectivity index (χ4v) is 11.5. The fourth-order valence-electron chi connectivity index (χ4n) is 8.62. The van der Waals surface area contributed by atoms with Crippen molar-refractivity contribution in [2.75, 3.05) is 47.5 Å². The van der Waals surface area contributed by atoms with Gasteiger partial charge in [0.1, 0.15) is 67.1 Å². The Morgan fingerprint density at radius 3 is 1.50 bits per heavy atom. The highest BCUT2D eigenvalue weighted by molar-refractivity contribution is 8.02. The molecule has 33 heteroatoms. The molecule has 0 aliphatic carbocycles. The van der Waals surface area contributed by atoms with Gasteiger partial charge in [-0.25, -0.2) is 0 Å². The van der Waals surface area contributed by atoms with Crippen LogP contribution in [-0.2, 0) is 75.1 Å². The molecular formula is C53H77N7O20P3S3+3. The van der Waals surface area contributed by atoms with Crippen molar-refractivity contribution >= 4 is 81.2 Å². The van der Waals surface area contributed by atoms with E-state index in [1.165, 1.54) is 0 Å². The lowest BCUT2D eigenvalue weighted by molar-refractivity contribution is -0.402. The minimum absolute atomic E-state index is 0.0517. The van der Waals surface area contributed by atoms with E-state index in [4.69, 9.17) is 77.4 Å². The van der Waals surface area contributed by atoms with Crippen LogP contribution in [0.3, 0.4) is 0 Å². The highest BCUT2D eigenvalue weighted by atomic mass is 32.4.